The van der Waals surface area contributed by atoms with E-state index in [0.717, 1.165) is 37.4 Å². The molecule has 0 amide bonds. The van der Waals surface area contributed by atoms with Gasteiger partial charge in [-0.1, -0.05) is 12.5 Å². The molecule has 2 saturated heterocycles. The fraction of sp³-hybridized carbons (Fsp3) is 0.588. The first-order chi connectivity index (χ1) is 10.3. The van der Waals surface area contributed by atoms with Crippen LogP contribution in [-0.4, -0.2) is 44.2 Å². The van der Waals surface area contributed by atoms with E-state index in [1.807, 2.05) is 13.1 Å². The number of hydrogen-bond acceptors (Lipinski definition) is 4. The van der Waals surface area contributed by atoms with E-state index in [1.54, 1.807) is 0 Å². The second kappa shape index (κ2) is 6.46. The fourth-order valence-electron chi connectivity index (χ4n) is 3.64. The van der Waals surface area contributed by atoms with Crippen LogP contribution in [0.25, 0.3) is 0 Å². The molecule has 1 N–H and O–H groups in total. The lowest BCUT2D eigenvalue weighted by Gasteiger charge is -2.45. The predicted octanol–water partition coefficient (Wildman–Crippen LogP) is 1.95. The SMILES string of the molecule is CNCc1ccc(N2CCN3CCCCC3C2)c(C#N)c1. The summed E-state index contributed by atoms with van der Waals surface area (Å²) in [6, 6.07) is 9.35. The molecule has 3 rings (SSSR count). The summed E-state index contributed by atoms with van der Waals surface area (Å²) in [6.45, 7) is 5.31. The number of anilines is 1. The molecule has 1 aromatic carbocycles. The molecule has 2 heterocycles. The van der Waals surface area contributed by atoms with E-state index in [0.29, 0.717) is 6.04 Å². The van der Waals surface area contributed by atoms with Crippen LogP contribution in [-0.2, 0) is 6.54 Å². The Kier molecular flexibility index (Phi) is 4.42. The molecule has 1 aromatic rings. The summed E-state index contributed by atoms with van der Waals surface area (Å²) in [7, 11) is 1.93. The van der Waals surface area contributed by atoms with Crippen LogP contribution in [0.5, 0.6) is 0 Å². The Morgan fingerprint density at radius 3 is 3.00 bits per heavy atom. The lowest BCUT2D eigenvalue weighted by Crippen LogP contribution is -2.55. The summed E-state index contributed by atoms with van der Waals surface area (Å²) in [5.41, 5.74) is 3.10. The molecule has 2 aliphatic heterocycles. The van der Waals surface area contributed by atoms with Crippen LogP contribution in [0.3, 0.4) is 0 Å². The zero-order chi connectivity index (χ0) is 14.7. The number of nitriles is 1. The number of hydrogen-bond donors (Lipinski definition) is 1. The van der Waals surface area contributed by atoms with E-state index >= 15 is 0 Å². The molecule has 1 unspecified atom stereocenters. The topological polar surface area (TPSA) is 42.3 Å². The highest BCUT2D eigenvalue weighted by atomic mass is 15.3. The van der Waals surface area contributed by atoms with E-state index < -0.39 is 0 Å². The molecule has 2 aliphatic rings. The van der Waals surface area contributed by atoms with Crippen molar-refractivity contribution in [3.8, 4) is 6.07 Å². The number of piperazine rings is 1. The maximum absolute atomic E-state index is 9.47. The number of nitrogens with one attached hydrogen (secondary N) is 1. The summed E-state index contributed by atoms with van der Waals surface area (Å²) in [5, 5.41) is 12.6. The van der Waals surface area contributed by atoms with Crippen LogP contribution in [0.2, 0.25) is 0 Å². The van der Waals surface area contributed by atoms with Crippen LogP contribution in [0.15, 0.2) is 18.2 Å². The quantitative estimate of drug-likeness (QED) is 0.921. The molecule has 4 nitrogen and oxygen atoms in total. The third-order valence-electron chi connectivity index (χ3n) is 4.74. The first kappa shape index (κ1) is 14.4. The normalized spacial score (nSPS) is 22.7. The molecular weight excluding hydrogens is 260 g/mol. The van der Waals surface area contributed by atoms with E-state index in [1.165, 1.54) is 31.4 Å². The van der Waals surface area contributed by atoms with Gasteiger partial charge in [-0.3, -0.25) is 4.90 Å². The van der Waals surface area contributed by atoms with Crippen molar-refractivity contribution in [2.75, 3.05) is 38.1 Å². The Morgan fingerprint density at radius 2 is 2.19 bits per heavy atom. The second-order valence-electron chi connectivity index (χ2n) is 6.13. The molecule has 2 fully saturated rings. The summed E-state index contributed by atoms with van der Waals surface area (Å²) in [6.07, 6.45) is 4.00. The third-order valence-corrected chi connectivity index (χ3v) is 4.74. The number of nitrogens with zero attached hydrogens (tertiary/aromatic N) is 3. The maximum atomic E-state index is 9.47. The van der Waals surface area contributed by atoms with Gasteiger partial charge in [0.05, 0.1) is 11.3 Å². The van der Waals surface area contributed by atoms with Gasteiger partial charge in [-0.25, -0.2) is 0 Å². The minimum Gasteiger partial charge on any atom is -0.368 e. The van der Waals surface area contributed by atoms with E-state index in [-0.39, 0.29) is 0 Å². The van der Waals surface area contributed by atoms with Crippen LogP contribution < -0.4 is 10.2 Å². The minimum atomic E-state index is 0.677. The van der Waals surface area contributed by atoms with Crippen LogP contribution in [0, 0.1) is 11.3 Å². The van der Waals surface area contributed by atoms with Gasteiger partial charge in [0.2, 0.25) is 0 Å². The monoisotopic (exact) mass is 284 g/mol. The highest BCUT2D eigenvalue weighted by Gasteiger charge is 2.29. The highest BCUT2D eigenvalue weighted by molar-refractivity contribution is 5.61. The van der Waals surface area contributed by atoms with Gasteiger partial charge in [0.15, 0.2) is 0 Å². The van der Waals surface area contributed by atoms with Gasteiger partial charge in [0, 0.05) is 32.2 Å². The van der Waals surface area contributed by atoms with Crippen molar-refractivity contribution in [3.05, 3.63) is 29.3 Å². The molecular formula is C17H24N4. The molecule has 0 bridgehead atoms. The van der Waals surface area contributed by atoms with E-state index in [9.17, 15) is 5.26 Å². The van der Waals surface area contributed by atoms with Crippen molar-refractivity contribution in [3.63, 3.8) is 0 Å². The maximum Gasteiger partial charge on any atom is 0.101 e. The van der Waals surface area contributed by atoms with Crippen molar-refractivity contribution in [2.45, 2.75) is 31.8 Å². The highest BCUT2D eigenvalue weighted by Crippen LogP contribution is 2.27. The smallest absolute Gasteiger partial charge is 0.101 e. The van der Waals surface area contributed by atoms with Crippen LogP contribution in [0.4, 0.5) is 5.69 Å². The van der Waals surface area contributed by atoms with Crippen molar-refractivity contribution >= 4 is 5.69 Å². The predicted molar refractivity (Wildman–Crippen MR) is 85.3 cm³/mol. The molecule has 0 saturated carbocycles. The lowest BCUT2D eigenvalue weighted by molar-refractivity contribution is 0.133. The van der Waals surface area contributed by atoms with Gasteiger partial charge in [-0.05, 0) is 44.1 Å². The van der Waals surface area contributed by atoms with Gasteiger partial charge in [-0.2, -0.15) is 5.26 Å². The van der Waals surface area contributed by atoms with Gasteiger partial charge in [0.25, 0.3) is 0 Å². The van der Waals surface area contributed by atoms with Crippen molar-refractivity contribution in [1.82, 2.24) is 10.2 Å². The second-order valence-corrected chi connectivity index (χ2v) is 6.13. The van der Waals surface area contributed by atoms with Crippen molar-refractivity contribution in [1.29, 1.82) is 5.26 Å². The number of rotatable bonds is 3. The first-order valence-corrected chi connectivity index (χ1v) is 7.98. The average Bonchev–Trinajstić information content (AvgIpc) is 2.54. The zero-order valence-electron chi connectivity index (χ0n) is 12.8. The largest absolute Gasteiger partial charge is 0.368 e. The molecule has 0 aromatic heterocycles. The fourth-order valence-corrected chi connectivity index (χ4v) is 3.64. The summed E-state index contributed by atoms with van der Waals surface area (Å²) >= 11 is 0. The van der Waals surface area contributed by atoms with Gasteiger partial charge >= 0.3 is 0 Å². The standard InChI is InChI=1S/C17H24N4/c1-19-12-14-5-6-17(15(10-14)11-18)21-9-8-20-7-3-2-4-16(20)13-21/h5-6,10,16,19H,2-4,7-9,12-13H2,1H3. The van der Waals surface area contributed by atoms with Gasteiger partial charge < -0.3 is 10.2 Å². The van der Waals surface area contributed by atoms with Gasteiger partial charge in [-0.15, -0.1) is 0 Å². The molecule has 0 spiro atoms. The van der Waals surface area contributed by atoms with Crippen molar-refractivity contribution in [2.24, 2.45) is 0 Å². The minimum absolute atomic E-state index is 0.677. The van der Waals surface area contributed by atoms with Crippen LogP contribution >= 0.6 is 0 Å². The van der Waals surface area contributed by atoms with Gasteiger partial charge in [0.1, 0.15) is 6.07 Å². The summed E-state index contributed by atoms with van der Waals surface area (Å²) in [5.74, 6) is 0. The lowest BCUT2D eigenvalue weighted by atomic mass is 9.98. The first-order valence-electron chi connectivity index (χ1n) is 7.98. The van der Waals surface area contributed by atoms with E-state index in [4.69, 9.17) is 0 Å². The Hall–Kier alpha value is -1.57. The third kappa shape index (κ3) is 3.04. The Bertz CT molecular complexity index is 534. The molecule has 21 heavy (non-hydrogen) atoms. The average molecular weight is 284 g/mol. The number of fused-ring (bicyclic) bond motifs is 1. The Morgan fingerprint density at radius 1 is 1.29 bits per heavy atom. The molecule has 112 valence electrons. The summed E-state index contributed by atoms with van der Waals surface area (Å²) < 4.78 is 0. The molecule has 0 aliphatic carbocycles. The Labute approximate surface area is 127 Å². The summed E-state index contributed by atoms with van der Waals surface area (Å²) in [4.78, 5) is 5.04. The Balaban J connectivity index is 1.78. The zero-order valence-corrected chi connectivity index (χ0v) is 12.8. The number of piperidine rings is 1. The molecule has 4 heteroatoms. The van der Waals surface area contributed by atoms with Crippen LogP contribution in [0.1, 0.15) is 30.4 Å². The number of benzene rings is 1. The van der Waals surface area contributed by atoms with Crippen molar-refractivity contribution < 1.29 is 0 Å². The molecule has 1 atom stereocenters. The molecule has 0 radical (unpaired) electrons. The van der Waals surface area contributed by atoms with E-state index in [2.05, 4.69) is 33.3 Å².